The molecule has 0 radical (unpaired) electrons. The van der Waals surface area contributed by atoms with Crippen molar-refractivity contribution in [2.45, 2.75) is 39.3 Å². The lowest BCUT2D eigenvalue weighted by atomic mass is 10.1. The first-order valence-electron chi connectivity index (χ1n) is 7.82. The van der Waals surface area contributed by atoms with Crippen LogP contribution in [0.3, 0.4) is 0 Å². The average Bonchev–Trinajstić information content (AvgIpc) is 2.49. The average molecular weight is 313 g/mol. The second-order valence-corrected chi connectivity index (χ2v) is 5.87. The van der Waals surface area contributed by atoms with Crippen molar-refractivity contribution in [3.05, 3.63) is 34.9 Å². The number of halogens is 1. The number of nitrogens with one attached hydrogen (secondary N) is 1. The molecule has 1 N–H and O–H groups in total. The smallest absolute Gasteiger partial charge is 0.0477 e. The van der Waals surface area contributed by atoms with Crippen molar-refractivity contribution in [2.24, 2.45) is 0 Å². The molecule has 0 fully saturated rings. The van der Waals surface area contributed by atoms with Crippen LogP contribution in [-0.4, -0.2) is 44.3 Å². The van der Waals surface area contributed by atoms with E-state index in [1.807, 2.05) is 25.1 Å². The van der Waals surface area contributed by atoms with Crippen LogP contribution >= 0.6 is 11.6 Å². The van der Waals surface area contributed by atoms with Crippen LogP contribution in [0.1, 0.15) is 38.8 Å². The summed E-state index contributed by atoms with van der Waals surface area (Å²) in [5.74, 6) is 0. The van der Waals surface area contributed by atoms with Gasteiger partial charge in [-0.2, -0.15) is 0 Å². The summed E-state index contributed by atoms with van der Waals surface area (Å²) in [6, 6.07) is 8.83. The highest BCUT2D eigenvalue weighted by molar-refractivity contribution is 6.31. The highest BCUT2D eigenvalue weighted by Crippen LogP contribution is 2.27. The van der Waals surface area contributed by atoms with E-state index in [0.29, 0.717) is 12.1 Å². The van der Waals surface area contributed by atoms with Crippen LogP contribution in [0.4, 0.5) is 0 Å². The van der Waals surface area contributed by atoms with Crippen molar-refractivity contribution in [2.75, 3.05) is 33.4 Å². The number of rotatable bonds is 10. The zero-order chi connectivity index (χ0) is 15.7. The summed E-state index contributed by atoms with van der Waals surface area (Å²) in [7, 11) is 2.15. The minimum atomic E-state index is 0.305. The normalized spacial score (nSPS) is 14.4. The van der Waals surface area contributed by atoms with Gasteiger partial charge in [-0.05, 0) is 52.4 Å². The Hall–Kier alpha value is -0.610. The lowest BCUT2D eigenvalue weighted by Crippen LogP contribution is -2.39. The number of ether oxygens (including phenoxy) is 1. The Morgan fingerprint density at radius 1 is 1.29 bits per heavy atom. The molecular formula is C17H29ClN2O. The first-order valence-corrected chi connectivity index (χ1v) is 8.20. The minimum absolute atomic E-state index is 0.305. The van der Waals surface area contributed by atoms with Gasteiger partial charge in [0, 0.05) is 36.9 Å². The van der Waals surface area contributed by atoms with E-state index in [-0.39, 0.29) is 0 Å². The Balaban J connectivity index is 2.36. The van der Waals surface area contributed by atoms with E-state index in [1.54, 1.807) is 0 Å². The molecule has 3 nitrogen and oxygen atoms in total. The topological polar surface area (TPSA) is 24.5 Å². The minimum Gasteiger partial charge on any atom is -0.382 e. The Bertz CT molecular complexity index is 400. The number of benzene rings is 1. The molecule has 0 saturated heterocycles. The van der Waals surface area contributed by atoms with E-state index in [0.717, 1.165) is 37.7 Å². The molecular weight excluding hydrogens is 284 g/mol. The largest absolute Gasteiger partial charge is 0.382 e. The molecule has 0 heterocycles. The van der Waals surface area contributed by atoms with E-state index in [1.165, 1.54) is 5.56 Å². The van der Waals surface area contributed by atoms with E-state index >= 15 is 0 Å². The van der Waals surface area contributed by atoms with Crippen LogP contribution in [0.5, 0.6) is 0 Å². The molecule has 1 aromatic rings. The van der Waals surface area contributed by atoms with E-state index in [4.69, 9.17) is 16.3 Å². The SMILES string of the molecule is CCOCCCNCC(C)N(C)C(C)c1ccccc1Cl. The molecule has 2 unspecified atom stereocenters. The summed E-state index contributed by atoms with van der Waals surface area (Å²) in [4.78, 5) is 2.36. The third kappa shape index (κ3) is 6.35. The molecule has 1 rings (SSSR count). The van der Waals surface area contributed by atoms with Gasteiger partial charge in [0.2, 0.25) is 0 Å². The molecule has 1 aromatic carbocycles. The van der Waals surface area contributed by atoms with Crippen molar-refractivity contribution in [1.29, 1.82) is 0 Å². The van der Waals surface area contributed by atoms with Crippen molar-refractivity contribution in [3.63, 3.8) is 0 Å². The number of hydrogen-bond donors (Lipinski definition) is 1. The molecule has 4 heteroatoms. The zero-order valence-electron chi connectivity index (χ0n) is 13.7. The molecule has 0 bridgehead atoms. The van der Waals surface area contributed by atoms with E-state index in [9.17, 15) is 0 Å². The Morgan fingerprint density at radius 3 is 2.67 bits per heavy atom. The first-order chi connectivity index (χ1) is 10.1. The van der Waals surface area contributed by atoms with Crippen LogP contribution in [0.2, 0.25) is 5.02 Å². The van der Waals surface area contributed by atoms with Gasteiger partial charge in [0.1, 0.15) is 0 Å². The quantitative estimate of drug-likeness (QED) is 0.666. The summed E-state index contributed by atoms with van der Waals surface area (Å²) in [5.41, 5.74) is 1.19. The number of hydrogen-bond acceptors (Lipinski definition) is 3. The zero-order valence-corrected chi connectivity index (χ0v) is 14.5. The van der Waals surface area contributed by atoms with Crippen molar-refractivity contribution in [1.82, 2.24) is 10.2 Å². The fraction of sp³-hybridized carbons (Fsp3) is 0.647. The third-order valence-corrected chi connectivity index (χ3v) is 4.29. The third-order valence-electron chi connectivity index (χ3n) is 3.95. The van der Waals surface area contributed by atoms with Gasteiger partial charge >= 0.3 is 0 Å². The molecule has 0 spiro atoms. The second kappa shape index (κ2) is 10.2. The standard InChI is InChI=1S/C17H29ClN2O/c1-5-21-12-8-11-19-13-14(2)20(4)15(3)16-9-6-7-10-17(16)18/h6-7,9-10,14-15,19H,5,8,11-13H2,1-4H3. The number of nitrogens with zero attached hydrogens (tertiary/aromatic N) is 1. The highest BCUT2D eigenvalue weighted by Gasteiger charge is 2.18. The van der Waals surface area contributed by atoms with Crippen LogP contribution in [0, 0.1) is 0 Å². The van der Waals surface area contributed by atoms with Crippen molar-refractivity contribution >= 4 is 11.6 Å². The maximum atomic E-state index is 6.29. The first kappa shape index (κ1) is 18.4. The van der Waals surface area contributed by atoms with Crippen molar-refractivity contribution < 1.29 is 4.74 Å². The Kier molecular flexibility index (Phi) is 8.93. The molecule has 2 atom stereocenters. The van der Waals surface area contributed by atoms with E-state index in [2.05, 4.69) is 37.2 Å². The van der Waals surface area contributed by atoms with Gasteiger partial charge in [-0.1, -0.05) is 29.8 Å². The lowest BCUT2D eigenvalue weighted by molar-refractivity contribution is 0.143. The maximum absolute atomic E-state index is 6.29. The van der Waals surface area contributed by atoms with Gasteiger partial charge in [-0.25, -0.2) is 0 Å². The molecule has 120 valence electrons. The number of likely N-dealkylation sites (N-methyl/N-ethyl adjacent to an activating group) is 1. The van der Waals surface area contributed by atoms with Crippen LogP contribution in [-0.2, 0) is 4.74 Å². The van der Waals surface area contributed by atoms with Gasteiger partial charge in [0.25, 0.3) is 0 Å². The predicted octanol–water partition coefficient (Wildman–Crippen LogP) is 3.74. The summed E-state index contributed by atoms with van der Waals surface area (Å²) in [6.07, 6.45) is 1.06. The lowest BCUT2D eigenvalue weighted by Gasteiger charge is -2.31. The molecule has 0 saturated carbocycles. The van der Waals surface area contributed by atoms with Gasteiger partial charge in [0.15, 0.2) is 0 Å². The Morgan fingerprint density at radius 2 is 2.00 bits per heavy atom. The van der Waals surface area contributed by atoms with Gasteiger partial charge in [-0.15, -0.1) is 0 Å². The van der Waals surface area contributed by atoms with Gasteiger partial charge in [0.05, 0.1) is 0 Å². The molecule has 0 amide bonds. The fourth-order valence-corrected chi connectivity index (χ4v) is 2.61. The maximum Gasteiger partial charge on any atom is 0.0477 e. The monoisotopic (exact) mass is 312 g/mol. The molecule has 21 heavy (non-hydrogen) atoms. The molecule has 0 aliphatic carbocycles. The summed E-state index contributed by atoms with van der Waals surface area (Å²) >= 11 is 6.29. The summed E-state index contributed by atoms with van der Waals surface area (Å²) in [6.45, 7) is 10.1. The fourth-order valence-electron chi connectivity index (χ4n) is 2.31. The van der Waals surface area contributed by atoms with Gasteiger partial charge < -0.3 is 10.1 Å². The van der Waals surface area contributed by atoms with E-state index < -0.39 is 0 Å². The van der Waals surface area contributed by atoms with Crippen LogP contribution in [0.15, 0.2) is 24.3 Å². The van der Waals surface area contributed by atoms with Crippen LogP contribution < -0.4 is 5.32 Å². The summed E-state index contributed by atoms with van der Waals surface area (Å²) in [5, 5.41) is 4.33. The van der Waals surface area contributed by atoms with Gasteiger partial charge in [-0.3, -0.25) is 4.90 Å². The second-order valence-electron chi connectivity index (χ2n) is 5.47. The Labute approximate surface area is 134 Å². The predicted molar refractivity (Wildman–Crippen MR) is 91.1 cm³/mol. The van der Waals surface area contributed by atoms with Crippen molar-refractivity contribution in [3.8, 4) is 0 Å². The molecule has 0 aliphatic rings. The van der Waals surface area contributed by atoms with Crippen LogP contribution in [0.25, 0.3) is 0 Å². The highest BCUT2D eigenvalue weighted by atomic mass is 35.5. The molecule has 0 aliphatic heterocycles. The summed E-state index contributed by atoms with van der Waals surface area (Å²) < 4.78 is 5.33. The molecule has 0 aromatic heterocycles.